The minimum atomic E-state index is 0.0130. The summed E-state index contributed by atoms with van der Waals surface area (Å²) in [5.41, 5.74) is 5.36. The van der Waals surface area contributed by atoms with Crippen molar-refractivity contribution in [2.75, 3.05) is 43.4 Å². The van der Waals surface area contributed by atoms with E-state index in [4.69, 9.17) is 0 Å². The zero-order valence-electron chi connectivity index (χ0n) is 16.8. The quantitative estimate of drug-likeness (QED) is 0.712. The first kappa shape index (κ1) is 19.2. The van der Waals surface area contributed by atoms with Crippen LogP contribution in [-0.2, 0) is 11.2 Å². The molecule has 0 spiro atoms. The Morgan fingerprint density at radius 3 is 2.14 bits per heavy atom. The van der Waals surface area contributed by atoms with E-state index in [1.54, 1.807) is 0 Å². The van der Waals surface area contributed by atoms with Crippen LogP contribution in [0.25, 0.3) is 11.1 Å². The average molecular weight is 386 g/mol. The number of amides is 1. The number of hydrogen-bond donors (Lipinski definition) is 1. The Morgan fingerprint density at radius 2 is 1.41 bits per heavy atom. The van der Waals surface area contributed by atoms with E-state index in [1.807, 2.05) is 48.5 Å². The second-order valence-corrected chi connectivity index (χ2v) is 7.60. The van der Waals surface area contributed by atoms with Gasteiger partial charge in [-0.1, -0.05) is 66.7 Å². The molecule has 29 heavy (non-hydrogen) atoms. The normalized spacial score (nSPS) is 14.6. The first-order chi connectivity index (χ1) is 14.2. The predicted octanol–water partition coefficient (Wildman–Crippen LogP) is 4.29. The van der Waals surface area contributed by atoms with Gasteiger partial charge in [0.05, 0.1) is 17.8 Å². The van der Waals surface area contributed by atoms with Crippen molar-refractivity contribution in [3.05, 3.63) is 84.4 Å². The maximum atomic E-state index is 12.7. The Morgan fingerprint density at radius 1 is 0.793 bits per heavy atom. The van der Waals surface area contributed by atoms with Crippen LogP contribution in [0.15, 0.2) is 78.9 Å². The van der Waals surface area contributed by atoms with Crippen LogP contribution in [0.2, 0.25) is 0 Å². The number of para-hydroxylation sites is 2. The molecule has 1 fully saturated rings. The fraction of sp³-hybridized carbons (Fsp3) is 0.240. The van der Waals surface area contributed by atoms with Gasteiger partial charge in [0.15, 0.2) is 0 Å². The van der Waals surface area contributed by atoms with Gasteiger partial charge >= 0.3 is 0 Å². The van der Waals surface area contributed by atoms with Gasteiger partial charge in [-0.2, -0.15) is 0 Å². The van der Waals surface area contributed by atoms with Crippen LogP contribution in [0.3, 0.4) is 0 Å². The first-order valence-electron chi connectivity index (χ1n) is 10.2. The lowest BCUT2D eigenvalue weighted by Gasteiger charge is -2.35. The Bertz CT molecular complexity index is 945. The van der Waals surface area contributed by atoms with Crippen molar-refractivity contribution in [1.29, 1.82) is 0 Å². The number of carbonyl (C=O) groups is 1. The van der Waals surface area contributed by atoms with Gasteiger partial charge in [-0.3, -0.25) is 4.79 Å². The van der Waals surface area contributed by atoms with Gasteiger partial charge in [0.2, 0.25) is 5.91 Å². The zero-order chi connectivity index (χ0) is 20.1. The Hall–Kier alpha value is -3.11. The number of nitrogens with one attached hydrogen (secondary N) is 1. The summed E-state index contributed by atoms with van der Waals surface area (Å²) in [4.78, 5) is 17.4. The Kier molecular flexibility index (Phi) is 5.92. The van der Waals surface area contributed by atoms with E-state index in [1.165, 1.54) is 5.56 Å². The monoisotopic (exact) mass is 385 g/mol. The summed E-state index contributed by atoms with van der Waals surface area (Å²) >= 11 is 0. The highest BCUT2D eigenvalue weighted by atomic mass is 16.1. The fourth-order valence-corrected chi connectivity index (χ4v) is 3.73. The molecule has 3 aromatic carbocycles. The smallest absolute Gasteiger partial charge is 0.228 e. The molecule has 4 nitrogen and oxygen atoms in total. The topological polar surface area (TPSA) is 35.6 Å². The van der Waals surface area contributed by atoms with Gasteiger partial charge in [-0.05, 0) is 35.9 Å². The van der Waals surface area contributed by atoms with Crippen molar-refractivity contribution in [3.8, 4) is 11.1 Å². The third kappa shape index (κ3) is 4.84. The van der Waals surface area contributed by atoms with Gasteiger partial charge < -0.3 is 15.1 Å². The van der Waals surface area contributed by atoms with Gasteiger partial charge in [0.1, 0.15) is 0 Å². The van der Waals surface area contributed by atoms with Crippen LogP contribution in [0.5, 0.6) is 0 Å². The maximum Gasteiger partial charge on any atom is 0.228 e. The number of hydrogen-bond acceptors (Lipinski definition) is 3. The number of benzene rings is 3. The lowest BCUT2D eigenvalue weighted by Crippen LogP contribution is -2.44. The molecule has 0 aromatic heterocycles. The molecule has 4 heteroatoms. The van der Waals surface area contributed by atoms with Gasteiger partial charge in [-0.25, -0.2) is 0 Å². The molecule has 1 amide bonds. The molecular formula is C25H27N3O. The highest BCUT2D eigenvalue weighted by Gasteiger charge is 2.17. The second kappa shape index (κ2) is 8.93. The lowest BCUT2D eigenvalue weighted by molar-refractivity contribution is -0.115. The number of rotatable bonds is 5. The molecule has 1 N–H and O–H groups in total. The highest BCUT2D eigenvalue weighted by Crippen LogP contribution is 2.27. The molecule has 1 saturated heterocycles. The average Bonchev–Trinajstić information content (AvgIpc) is 2.76. The predicted molar refractivity (Wildman–Crippen MR) is 120 cm³/mol. The van der Waals surface area contributed by atoms with Crippen LogP contribution < -0.4 is 10.2 Å². The summed E-state index contributed by atoms with van der Waals surface area (Å²) in [5, 5.41) is 3.12. The van der Waals surface area contributed by atoms with Crippen molar-refractivity contribution in [3.63, 3.8) is 0 Å². The highest BCUT2D eigenvalue weighted by molar-refractivity contribution is 5.95. The second-order valence-electron chi connectivity index (χ2n) is 7.60. The van der Waals surface area contributed by atoms with Crippen molar-refractivity contribution in [2.45, 2.75) is 6.42 Å². The number of carbonyl (C=O) groups excluding carboxylic acids is 1. The van der Waals surface area contributed by atoms with Crippen molar-refractivity contribution >= 4 is 17.3 Å². The number of anilines is 2. The molecule has 1 aliphatic rings. The molecule has 0 radical (unpaired) electrons. The van der Waals surface area contributed by atoms with E-state index in [-0.39, 0.29) is 5.91 Å². The minimum Gasteiger partial charge on any atom is -0.367 e. The molecular weight excluding hydrogens is 358 g/mol. The summed E-state index contributed by atoms with van der Waals surface area (Å²) in [7, 11) is 2.15. The molecule has 4 rings (SSSR count). The maximum absolute atomic E-state index is 12.7. The van der Waals surface area contributed by atoms with Crippen molar-refractivity contribution in [2.24, 2.45) is 0 Å². The third-order valence-electron chi connectivity index (χ3n) is 5.45. The van der Waals surface area contributed by atoms with E-state index in [9.17, 15) is 4.79 Å². The van der Waals surface area contributed by atoms with Gasteiger partial charge in [0.25, 0.3) is 0 Å². The lowest BCUT2D eigenvalue weighted by atomic mass is 10.0. The van der Waals surface area contributed by atoms with Gasteiger partial charge in [0, 0.05) is 26.2 Å². The molecule has 0 saturated carbocycles. The number of nitrogens with zero attached hydrogens (tertiary/aromatic N) is 2. The molecule has 0 atom stereocenters. The molecule has 0 aliphatic carbocycles. The molecule has 3 aromatic rings. The van der Waals surface area contributed by atoms with Crippen LogP contribution in [0.4, 0.5) is 11.4 Å². The first-order valence-corrected chi connectivity index (χ1v) is 10.2. The molecule has 0 unspecified atom stereocenters. The van der Waals surface area contributed by atoms with Crippen LogP contribution >= 0.6 is 0 Å². The summed E-state index contributed by atoms with van der Waals surface area (Å²) in [6, 6.07) is 26.6. The molecule has 0 bridgehead atoms. The summed E-state index contributed by atoms with van der Waals surface area (Å²) in [5.74, 6) is 0.0130. The minimum absolute atomic E-state index is 0.0130. The zero-order valence-corrected chi connectivity index (χ0v) is 16.8. The van der Waals surface area contributed by atoms with E-state index in [2.05, 4.69) is 52.5 Å². The SMILES string of the molecule is CN1CCN(c2ccccc2NC(=O)Cc2ccc(-c3ccccc3)cc2)CC1. The van der Waals surface area contributed by atoms with E-state index in [0.717, 1.165) is 48.7 Å². The van der Waals surface area contributed by atoms with Crippen LogP contribution in [-0.4, -0.2) is 44.0 Å². The standard InChI is InChI=1S/C25H27N3O/c1-27-15-17-28(18-16-27)24-10-6-5-9-23(24)26-25(29)19-20-11-13-22(14-12-20)21-7-3-2-4-8-21/h2-14H,15-19H2,1H3,(H,26,29). The van der Waals surface area contributed by atoms with Crippen molar-refractivity contribution in [1.82, 2.24) is 4.90 Å². The van der Waals surface area contributed by atoms with E-state index in [0.29, 0.717) is 6.42 Å². The Balaban J connectivity index is 1.41. The Labute approximate surface area is 172 Å². The molecule has 148 valence electrons. The number of piperazine rings is 1. The fourth-order valence-electron chi connectivity index (χ4n) is 3.73. The van der Waals surface area contributed by atoms with Crippen LogP contribution in [0.1, 0.15) is 5.56 Å². The summed E-state index contributed by atoms with van der Waals surface area (Å²) in [6.07, 6.45) is 0.367. The van der Waals surface area contributed by atoms with Gasteiger partial charge in [-0.15, -0.1) is 0 Å². The largest absolute Gasteiger partial charge is 0.367 e. The molecule has 1 heterocycles. The third-order valence-corrected chi connectivity index (χ3v) is 5.45. The summed E-state index contributed by atoms with van der Waals surface area (Å²) < 4.78 is 0. The molecule has 1 aliphatic heterocycles. The van der Waals surface area contributed by atoms with Crippen LogP contribution in [0, 0.1) is 0 Å². The van der Waals surface area contributed by atoms with E-state index >= 15 is 0 Å². The van der Waals surface area contributed by atoms with E-state index < -0.39 is 0 Å². The number of likely N-dealkylation sites (N-methyl/N-ethyl adjacent to an activating group) is 1. The summed E-state index contributed by atoms with van der Waals surface area (Å²) in [6.45, 7) is 4.03. The van der Waals surface area contributed by atoms with Crippen molar-refractivity contribution < 1.29 is 4.79 Å².